The third-order valence-electron chi connectivity index (χ3n) is 7.49. The number of dihydropyridines is 1. The van der Waals surface area contributed by atoms with Gasteiger partial charge in [0.25, 0.3) is 5.91 Å². The number of hydrogen-bond donors (Lipinski definition) is 2. The molecule has 0 spiro atoms. The molecule has 3 aromatic rings. The van der Waals surface area contributed by atoms with Gasteiger partial charge in [0, 0.05) is 34.9 Å². The Balaban J connectivity index is 1.55. The van der Waals surface area contributed by atoms with Gasteiger partial charge in [-0.1, -0.05) is 30.3 Å². The highest BCUT2D eigenvalue weighted by molar-refractivity contribution is 6.10. The second-order valence-electron chi connectivity index (χ2n) is 9.84. The van der Waals surface area contributed by atoms with Crippen LogP contribution in [0.4, 0.5) is 10.1 Å². The molecule has 5 rings (SSSR count). The predicted molar refractivity (Wildman–Crippen MR) is 150 cm³/mol. The smallest absolute Gasteiger partial charge is 0.254 e. The zero-order valence-corrected chi connectivity index (χ0v) is 22.8. The third kappa shape index (κ3) is 5.04. The fourth-order valence-electron chi connectivity index (χ4n) is 5.64. The highest BCUT2D eigenvalue weighted by Gasteiger charge is 2.41. The highest BCUT2D eigenvalue weighted by Crippen LogP contribution is 2.46. The second-order valence-corrected chi connectivity index (χ2v) is 9.84. The van der Waals surface area contributed by atoms with Crippen molar-refractivity contribution in [3.05, 3.63) is 106 Å². The normalized spacial score (nSPS) is 18.6. The van der Waals surface area contributed by atoms with Gasteiger partial charge >= 0.3 is 0 Å². The molecule has 1 heterocycles. The number of allylic oxidation sites excluding steroid dienone is 3. The van der Waals surface area contributed by atoms with Crippen molar-refractivity contribution in [3.63, 3.8) is 0 Å². The Labute approximate surface area is 232 Å². The maximum Gasteiger partial charge on any atom is 0.254 e. The number of anilines is 1. The predicted octanol–water partition coefficient (Wildman–Crippen LogP) is 5.85. The number of nitrogens with one attached hydrogen (secondary N) is 2. The van der Waals surface area contributed by atoms with E-state index in [2.05, 4.69) is 10.6 Å². The average molecular weight is 543 g/mol. The first-order valence-corrected chi connectivity index (χ1v) is 13.0. The van der Waals surface area contributed by atoms with Crippen molar-refractivity contribution in [2.45, 2.75) is 31.6 Å². The molecule has 0 saturated carbocycles. The maximum absolute atomic E-state index is 14.5. The standard InChI is InChI=1S/C32H31FN2O5/c1-18-29(32(37)35-23-10-5-6-11-26(23)38-2)30(20-8-7-9-22(33)14-20)31-24(34-18)15-21(16-25(31)36)19-12-13-27(39-3)28(17-19)40-4/h5-14,17,21,30,34H,15-16H2,1-4H3,(H,35,37)/t21-,30+/m1/s1. The number of carbonyl (C=O) groups excluding carboxylic acids is 2. The van der Waals surface area contributed by atoms with Gasteiger partial charge < -0.3 is 24.8 Å². The second kappa shape index (κ2) is 11.3. The number of ether oxygens (including phenoxy) is 3. The lowest BCUT2D eigenvalue weighted by molar-refractivity contribution is -0.116. The number of methoxy groups -OCH3 is 3. The molecule has 2 aliphatic rings. The van der Waals surface area contributed by atoms with Crippen LogP contribution in [0.3, 0.4) is 0 Å². The number of benzene rings is 3. The third-order valence-corrected chi connectivity index (χ3v) is 7.49. The van der Waals surface area contributed by atoms with Crippen molar-refractivity contribution in [2.75, 3.05) is 26.6 Å². The summed E-state index contributed by atoms with van der Waals surface area (Å²) in [5.74, 6) is -0.0714. The number of amides is 1. The van der Waals surface area contributed by atoms with Gasteiger partial charge in [-0.25, -0.2) is 4.39 Å². The van der Waals surface area contributed by atoms with E-state index in [0.717, 1.165) is 11.3 Å². The van der Waals surface area contributed by atoms with E-state index in [1.54, 1.807) is 51.5 Å². The van der Waals surface area contributed by atoms with Crippen molar-refractivity contribution in [3.8, 4) is 17.2 Å². The van der Waals surface area contributed by atoms with E-state index in [0.29, 0.717) is 51.8 Å². The molecular weight excluding hydrogens is 511 g/mol. The summed E-state index contributed by atoms with van der Waals surface area (Å²) in [6.07, 6.45) is 0.781. The Bertz CT molecular complexity index is 1540. The van der Waals surface area contributed by atoms with Crippen LogP contribution < -0.4 is 24.8 Å². The number of hydrogen-bond acceptors (Lipinski definition) is 6. The van der Waals surface area contributed by atoms with E-state index >= 15 is 0 Å². The largest absolute Gasteiger partial charge is 0.495 e. The van der Waals surface area contributed by atoms with Gasteiger partial charge in [0.15, 0.2) is 17.3 Å². The van der Waals surface area contributed by atoms with Gasteiger partial charge in [-0.2, -0.15) is 0 Å². The summed E-state index contributed by atoms with van der Waals surface area (Å²) in [4.78, 5) is 27.7. The number of carbonyl (C=O) groups is 2. The number of rotatable bonds is 7. The lowest BCUT2D eigenvalue weighted by Crippen LogP contribution is -2.37. The summed E-state index contributed by atoms with van der Waals surface area (Å²) in [6, 6.07) is 18.8. The van der Waals surface area contributed by atoms with Gasteiger partial charge in [0.2, 0.25) is 0 Å². The Kier molecular flexibility index (Phi) is 7.60. The topological polar surface area (TPSA) is 85.9 Å². The fourth-order valence-corrected chi connectivity index (χ4v) is 5.64. The van der Waals surface area contributed by atoms with E-state index in [9.17, 15) is 14.0 Å². The van der Waals surface area contributed by atoms with Crippen LogP contribution in [0.1, 0.15) is 42.7 Å². The monoisotopic (exact) mass is 542 g/mol. The van der Waals surface area contributed by atoms with Crippen LogP contribution in [0.15, 0.2) is 89.3 Å². The first kappa shape index (κ1) is 27.0. The summed E-state index contributed by atoms with van der Waals surface area (Å²) in [6.45, 7) is 1.80. The van der Waals surface area contributed by atoms with Crippen molar-refractivity contribution < 1.29 is 28.2 Å². The Morgan fingerprint density at radius 1 is 0.875 bits per heavy atom. The minimum absolute atomic E-state index is 0.0992. The molecule has 0 bridgehead atoms. The molecule has 40 heavy (non-hydrogen) atoms. The molecule has 8 heteroatoms. The average Bonchev–Trinajstić information content (AvgIpc) is 2.96. The molecule has 1 amide bonds. The van der Waals surface area contributed by atoms with Crippen molar-refractivity contribution in [1.29, 1.82) is 0 Å². The van der Waals surface area contributed by atoms with Gasteiger partial charge in [-0.15, -0.1) is 0 Å². The SMILES string of the molecule is COc1ccccc1NC(=O)C1=C(C)NC2=C(C(=O)C[C@H](c3ccc(OC)c(OC)c3)C2)[C@H]1c1cccc(F)c1. The minimum Gasteiger partial charge on any atom is -0.495 e. The molecule has 0 radical (unpaired) electrons. The van der Waals surface area contributed by atoms with Gasteiger partial charge in [0.05, 0.1) is 27.0 Å². The van der Waals surface area contributed by atoms with E-state index in [1.807, 2.05) is 24.3 Å². The summed E-state index contributed by atoms with van der Waals surface area (Å²) in [5, 5.41) is 6.29. The minimum atomic E-state index is -0.736. The molecule has 1 aliphatic heterocycles. The molecule has 3 aromatic carbocycles. The molecule has 0 fully saturated rings. The summed E-state index contributed by atoms with van der Waals surface area (Å²) in [5.41, 5.74) is 4.15. The zero-order valence-electron chi connectivity index (χ0n) is 22.8. The lowest BCUT2D eigenvalue weighted by atomic mass is 9.71. The van der Waals surface area contributed by atoms with Gasteiger partial charge in [-0.3, -0.25) is 9.59 Å². The molecule has 7 nitrogen and oxygen atoms in total. The number of Topliss-reactive ketones (excluding diaryl/α,β-unsaturated/α-hetero) is 1. The van der Waals surface area contributed by atoms with E-state index < -0.39 is 17.6 Å². The summed E-state index contributed by atoms with van der Waals surface area (Å²) in [7, 11) is 4.68. The first-order chi connectivity index (χ1) is 19.3. The van der Waals surface area contributed by atoms with E-state index in [1.165, 1.54) is 19.2 Å². The van der Waals surface area contributed by atoms with E-state index in [-0.39, 0.29) is 18.1 Å². The molecule has 206 valence electrons. The van der Waals surface area contributed by atoms with Crippen LogP contribution in [0.25, 0.3) is 0 Å². The van der Waals surface area contributed by atoms with Crippen molar-refractivity contribution in [2.24, 2.45) is 0 Å². The highest BCUT2D eigenvalue weighted by atomic mass is 19.1. The van der Waals surface area contributed by atoms with Gasteiger partial charge in [-0.05, 0) is 66.8 Å². The molecule has 0 unspecified atom stereocenters. The van der Waals surface area contributed by atoms with Gasteiger partial charge in [0.1, 0.15) is 11.6 Å². The first-order valence-electron chi connectivity index (χ1n) is 13.0. The van der Waals surface area contributed by atoms with Crippen molar-refractivity contribution >= 4 is 17.4 Å². The molecule has 0 aromatic heterocycles. The summed E-state index contributed by atoms with van der Waals surface area (Å²) < 4.78 is 30.7. The quantitative estimate of drug-likeness (QED) is 0.390. The van der Waals surface area contributed by atoms with Crippen LogP contribution in [0.5, 0.6) is 17.2 Å². The van der Waals surface area contributed by atoms with Crippen LogP contribution in [-0.4, -0.2) is 33.0 Å². The van der Waals surface area contributed by atoms with Crippen molar-refractivity contribution in [1.82, 2.24) is 5.32 Å². The van der Waals surface area contributed by atoms with Crippen LogP contribution in [-0.2, 0) is 9.59 Å². The molecule has 0 saturated heterocycles. The Morgan fingerprint density at radius 3 is 2.35 bits per heavy atom. The zero-order chi connectivity index (χ0) is 28.4. The fraction of sp³-hybridized carbons (Fsp3) is 0.250. The number of ketones is 1. The number of halogens is 1. The molecule has 1 aliphatic carbocycles. The molecule has 2 N–H and O–H groups in total. The van der Waals surface area contributed by atoms with E-state index in [4.69, 9.17) is 14.2 Å². The maximum atomic E-state index is 14.5. The lowest BCUT2D eigenvalue weighted by Gasteiger charge is -2.37. The van der Waals surface area contributed by atoms with Crippen LogP contribution >= 0.6 is 0 Å². The van der Waals surface area contributed by atoms with Crippen LogP contribution in [0.2, 0.25) is 0 Å². The van der Waals surface area contributed by atoms with Crippen LogP contribution in [0, 0.1) is 5.82 Å². The molecular formula is C32H31FN2O5. The number of para-hydroxylation sites is 2. The Hall–Kier alpha value is -4.59. The molecule has 2 atom stereocenters. The Morgan fingerprint density at radius 2 is 1.62 bits per heavy atom. The summed E-state index contributed by atoms with van der Waals surface area (Å²) >= 11 is 0.